The van der Waals surface area contributed by atoms with Gasteiger partial charge in [-0.1, -0.05) is 36.8 Å². The number of hydrogen-bond acceptors (Lipinski definition) is 0. The molecule has 1 heteroatoms. The van der Waals surface area contributed by atoms with Crippen LogP contribution in [0.2, 0.25) is 0 Å². The average Bonchev–Trinajstić information content (AvgIpc) is 2.91. The van der Waals surface area contributed by atoms with Crippen molar-refractivity contribution in [2.75, 3.05) is 13.1 Å². The van der Waals surface area contributed by atoms with Gasteiger partial charge >= 0.3 is 0 Å². The largest absolute Gasteiger partial charge is 0.317 e. The van der Waals surface area contributed by atoms with Crippen molar-refractivity contribution in [3.63, 3.8) is 0 Å². The van der Waals surface area contributed by atoms with Gasteiger partial charge in [-0.15, -0.1) is 0 Å². The van der Waals surface area contributed by atoms with Gasteiger partial charge in [-0.05, 0) is 25.7 Å². The molecule has 1 saturated heterocycles. The fourth-order valence-electron chi connectivity index (χ4n) is 4.19. The zero-order chi connectivity index (χ0) is 12.3. The van der Waals surface area contributed by atoms with Crippen LogP contribution in [0.15, 0.2) is 30.3 Å². The molecule has 1 aliphatic carbocycles. The molecule has 0 bridgehead atoms. The van der Waals surface area contributed by atoms with E-state index in [2.05, 4.69) is 30.3 Å². The maximum atomic E-state index is 2.32. The van der Waals surface area contributed by atoms with Gasteiger partial charge in [-0.3, -0.25) is 0 Å². The molecular formula is C17H26N+. The van der Waals surface area contributed by atoms with Gasteiger partial charge in [0.2, 0.25) is 0 Å². The Kier molecular flexibility index (Phi) is 3.69. The molecule has 0 amide bonds. The molecular weight excluding hydrogens is 218 g/mol. The number of quaternary nitrogens is 1. The van der Waals surface area contributed by atoms with Crippen molar-refractivity contribution in [3.8, 4) is 0 Å². The average molecular weight is 244 g/mol. The summed E-state index contributed by atoms with van der Waals surface area (Å²) in [4.78, 5) is 0. The molecule has 0 atom stereocenters. The Hall–Kier alpha value is -0.820. The smallest absolute Gasteiger partial charge is 0.105 e. The molecule has 1 aromatic carbocycles. The summed E-state index contributed by atoms with van der Waals surface area (Å²) in [6.07, 6.45) is 10.3. The van der Waals surface area contributed by atoms with Crippen LogP contribution in [-0.4, -0.2) is 23.6 Å². The first-order valence-corrected chi connectivity index (χ1v) is 7.79. The van der Waals surface area contributed by atoms with Crippen molar-refractivity contribution in [1.29, 1.82) is 0 Å². The standard InChI is InChI=1S/C17H26N/c1-3-9-16(10-4-1)15-18(13-7-8-14-18)17-11-5-2-6-12-17/h1,3-4,9-10,17H,2,5-8,11-15H2/q+1. The van der Waals surface area contributed by atoms with Crippen LogP contribution in [0.4, 0.5) is 0 Å². The predicted octanol–water partition coefficient (Wildman–Crippen LogP) is 4.13. The second kappa shape index (κ2) is 5.44. The van der Waals surface area contributed by atoms with Crippen LogP contribution in [0.1, 0.15) is 50.5 Å². The molecule has 0 aromatic heterocycles. The summed E-state index contributed by atoms with van der Waals surface area (Å²) >= 11 is 0. The molecule has 0 N–H and O–H groups in total. The van der Waals surface area contributed by atoms with E-state index in [0.29, 0.717) is 0 Å². The molecule has 1 aromatic rings. The third-order valence-electron chi connectivity index (χ3n) is 5.15. The van der Waals surface area contributed by atoms with E-state index in [-0.39, 0.29) is 0 Å². The number of rotatable bonds is 3. The maximum absolute atomic E-state index is 2.32. The van der Waals surface area contributed by atoms with E-state index in [4.69, 9.17) is 0 Å². The lowest BCUT2D eigenvalue weighted by Gasteiger charge is -2.43. The maximum Gasteiger partial charge on any atom is 0.105 e. The van der Waals surface area contributed by atoms with E-state index in [1.54, 1.807) is 5.56 Å². The quantitative estimate of drug-likeness (QED) is 0.701. The summed E-state index contributed by atoms with van der Waals surface area (Å²) in [5, 5.41) is 0. The molecule has 1 saturated carbocycles. The topological polar surface area (TPSA) is 0 Å². The van der Waals surface area contributed by atoms with Crippen molar-refractivity contribution < 1.29 is 4.48 Å². The highest BCUT2D eigenvalue weighted by molar-refractivity contribution is 5.13. The van der Waals surface area contributed by atoms with Crippen molar-refractivity contribution in [2.45, 2.75) is 57.5 Å². The SMILES string of the molecule is c1ccc(C[N+]2(C3CCCCC3)CCCC2)cc1. The Morgan fingerprint density at radius 2 is 1.50 bits per heavy atom. The zero-order valence-electron chi connectivity index (χ0n) is 11.5. The van der Waals surface area contributed by atoms with E-state index in [1.807, 2.05) is 0 Å². The minimum absolute atomic E-state index is 0.960. The molecule has 0 unspecified atom stereocenters. The summed E-state index contributed by atoms with van der Waals surface area (Å²) in [6.45, 7) is 4.14. The number of benzene rings is 1. The van der Waals surface area contributed by atoms with E-state index in [0.717, 1.165) is 6.04 Å². The van der Waals surface area contributed by atoms with Crippen molar-refractivity contribution in [2.24, 2.45) is 0 Å². The molecule has 1 aliphatic heterocycles. The number of nitrogens with zero attached hydrogens (tertiary/aromatic N) is 1. The van der Waals surface area contributed by atoms with Crippen LogP contribution in [0.25, 0.3) is 0 Å². The minimum atomic E-state index is 0.960. The van der Waals surface area contributed by atoms with Gasteiger partial charge < -0.3 is 4.48 Å². The molecule has 98 valence electrons. The van der Waals surface area contributed by atoms with E-state index in [9.17, 15) is 0 Å². The molecule has 0 spiro atoms. The second-order valence-electron chi connectivity index (χ2n) is 6.31. The molecule has 2 fully saturated rings. The van der Waals surface area contributed by atoms with Crippen molar-refractivity contribution >= 4 is 0 Å². The van der Waals surface area contributed by atoms with Gasteiger partial charge in [0.05, 0.1) is 19.1 Å². The summed E-state index contributed by atoms with van der Waals surface area (Å²) < 4.78 is 1.41. The van der Waals surface area contributed by atoms with Gasteiger partial charge in [0.1, 0.15) is 6.54 Å². The molecule has 18 heavy (non-hydrogen) atoms. The van der Waals surface area contributed by atoms with Gasteiger partial charge in [0.15, 0.2) is 0 Å². The lowest BCUT2D eigenvalue weighted by atomic mass is 9.92. The third kappa shape index (κ3) is 2.47. The predicted molar refractivity (Wildman–Crippen MR) is 76.2 cm³/mol. The fourth-order valence-corrected chi connectivity index (χ4v) is 4.19. The molecule has 2 aliphatic rings. The fraction of sp³-hybridized carbons (Fsp3) is 0.647. The van der Waals surface area contributed by atoms with Crippen molar-refractivity contribution in [3.05, 3.63) is 35.9 Å². The molecule has 1 heterocycles. The highest BCUT2D eigenvalue weighted by Crippen LogP contribution is 2.34. The first-order valence-electron chi connectivity index (χ1n) is 7.79. The van der Waals surface area contributed by atoms with Crippen LogP contribution in [0.5, 0.6) is 0 Å². The lowest BCUT2D eigenvalue weighted by molar-refractivity contribution is -0.954. The first kappa shape index (κ1) is 12.2. The zero-order valence-corrected chi connectivity index (χ0v) is 11.5. The Morgan fingerprint density at radius 1 is 0.833 bits per heavy atom. The molecule has 0 radical (unpaired) electrons. The third-order valence-corrected chi connectivity index (χ3v) is 5.15. The van der Waals surface area contributed by atoms with Crippen molar-refractivity contribution in [1.82, 2.24) is 0 Å². The van der Waals surface area contributed by atoms with E-state index in [1.165, 1.54) is 69.1 Å². The molecule has 1 nitrogen and oxygen atoms in total. The van der Waals surface area contributed by atoms with Crippen LogP contribution in [-0.2, 0) is 6.54 Å². The Labute approximate surface area is 111 Å². The van der Waals surface area contributed by atoms with Crippen LogP contribution in [0.3, 0.4) is 0 Å². The summed E-state index contributed by atoms with van der Waals surface area (Å²) in [6, 6.07) is 12.1. The van der Waals surface area contributed by atoms with E-state index < -0.39 is 0 Å². The Balaban J connectivity index is 1.78. The highest BCUT2D eigenvalue weighted by Gasteiger charge is 2.40. The lowest BCUT2D eigenvalue weighted by Crippen LogP contribution is -2.53. The van der Waals surface area contributed by atoms with Gasteiger partial charge in [0.25, 0.3) is 0 Å². The normalized spacial score (nSPS) is 24.2. The highest BCUT2D eigenvalue weighted by atomic mass is 15.4. The van der Waals surface area contributed by atoms with Gasteiger partial charge in [0, 0.05) is 18.4 Å². The monoisotopic (exact) mass is 244 g/mol. The van der Waals surface area contributed by atoms with Crippen LogP contribution in [0, 0.1) is 0 Å². The second-order valence-corrected chi connectivity index (χ2v) is 6.31. The minimum Gasteiger partial charge on any atom is -0.317 e. The summed E-state index contributed by atoms with van der Waals surface area (Å²) in [5.41, 5.74) is 1.55. The number of hydrogen-bond donors (Lipinski definition) is 0. The van der Waals surface area contributed by atoms with E-state index >= 15 is 0 Å². The first-order chi connectivity index (χ1) is 8.89. The van der Waals surface area contributed by atoms with Crippen LogP contribution >= 0.6 is 0 Å². The number of likely N-dealkylation sites (tertiary alicyclic amines) is 1. The Bertz CT molecular complexity index is 358. The Morgan fingerprint density at radius 3 is 2.17 bits per heavy atom. The van der Waals surface area contributed by atoms with Gasteiger partial charge in [-0.2, -0.15) is 0 Å². The van der Waals surface area contributed by atoms with Gasteiger partial charge in [-0.25, -0.2) is 0 Å². The summed E-state index contributed by atoms with van der Waals surface area (Å²) in [7, 11) is 0. The molecule has 3 rings (SSSR count). The summed E-state index contributed by atoms with van der Waals surface area (Å²) in [5.74, 6) is 0. The van der Waals surface area contributed by atoms with Crippen LogP contribution < -0.4 is 0 Å².